The summed E-state index contributed by atoms with van der Waals surface area (Å²) in [6, 6.07) is 10.3. The number of rotatable bonds is 4. The second-order valence-corrected chi connectivity index (χ2v) is 6.34. The van der Waals surface area contributed by atoms with Crippen LogP contribution in [-0.2, 0) is 0 Å². The number of nitrogens with one attached hydrogen (secondary N) is 1. The van der Waals surface area contributed by atoms with Crippen molar-refractivity contribution in [1.82, 2.24) is 5.43 Å². The third-order valence-electron chi connectivity index (χ3n) is 2.76. The molecule has 0 aromatic heterocycles. The number of phenolic OH excluding ortho intramolecular Hbond substituents is 1. The van der Waals surface area contributed by atoms with E-state index in [2.05, 4.69) is 26.5 Å². The van der Waals surface area contributed by atoms with Gasteiger partial charge in [-0.2, -0.15) is 5.10 Å². The Morgan fingerprint density at radius 3 is 2.68 bits per heavy atom. The molecular weight excluding hydrogens is 463 g/mol. The number of hydrogen-bond donors (Lipinski definition) is 2. The van der Waals surface area contributed by atoms with Gasteiger partial charge >= 0.3 is 0 Å². The standard InChI is InChI=1S/C15H12BrIN2O3/c1-22-13-7-9(6-12(17)14(13)20)8-18-19-15(21)10-2-4-11(16)5-3-10/h2-8,20H,1H3,(H,19,21)/b18-8+. The molecule has 0 unspecified atom stereocenters. The van der Waals surface area contributed by atoms with Crippen LogP contribution >= 0.6 is 38.5 Å². The molecule has 0 spiro atoms. The van der Waals surface area contributed by atoms with Gasteiger partial charge in [0.05, 0.1) is 16.9 Å². The van der Waals surface area contributed by atoms with E-state index in [1.165, 1.54) is 13.3 Å². The normalized spacial score (nSPS) is 10.7. The Labute approximate surface area is 149 Å². The van der Waals surface area contributed by atoms with Gasteiger partial charge in [0.25, 0.3) is 5.91 Å². The van der Waals surface area contributed by atoms with Crippen LogP contribution in [-0.4, -0.2) is 24.3 Å². The summed E-state index contributed by atoms with van der Waals surface area (Å²) in [6.45, 7) is 0. The summed E-state index contributed by atoms with van der Waals surface area (Å²) in [6.07, 6.45) is 1.49. The maximum atomic E-state index is 11.9. The maximum Gasteiger partial charge on any atom is 0.271 e. The second kappa shape index (κ2) is 7.59. The molecule has 0 heterocycles. The van der Waals surface area contributed by atoms with Crippen molar-refractivity contribution >= 4 is 50.6 Å². The molecule has 2 aromatic carbocycles. The number of nitrogens with zero attached hydrogens (tertiary/aromatic N) is 1. The molecule has 2 rings (SSSR count). The number of ether oxygens (including phenoxy) is 1. The monoisotopic (exact) mass is 474 g/mol. The van der Waals surface area contributed by atoms with Crippen molar-refractivity contribution in [1.29, 1.82) is 0 Å². The van der Waals surface area contributed by atoms with E-state index in [0.29, 0.717) is 20.4 Å². The molecule has 0 saturated heterocycles. The predicted octanol–water partition coefficient (Wildman–Crippen LogP) is 3.53. The number of benzene rings is 2. The molecule has 0 aliphatic rings. The van der Waals surface area contributed by atoms with Crippen LogP contribution in [0.1, 0.15) is 15.9 Å². The lowest BCUT2D eigenvalue weighted by Crippen LogP contribution is -2.17. The summed E-state index contributed by atoms with van der Waals surface area (Å²) in [5.41, 5.74) is 3.66. The van der Waals surface area contributed by atoms with Crippen LogP contribution in [0.2, 0.25) is 0 Å². The number of aromatic hydroxyl groups is 1. The fourth-order valence-electron chi connectivity index (χ4n) is 1.66. The zero-order chi connectivity index (χ0) is 16.1. The largest absolute Gasteiger partial charge is 0.504 e. The molecule has 0 aliphatic heterocycles. The van der Waals surface area contributed by atoms with Crippen molar-refractivity contribution in [3.8, 4) is 11.5 Å². The van der Waals surface area contributed by atoms with Crippen molar-refractivity contribution < 1.29 is 14.6 Å². The third kappa shape index (κ3) is 4.20. The van der Waals surface area contributed by atoms with E-state index in [0.717, 1.165) is 4.47 Å². The van der Waals surface area contributed by atoms with E-state index in [1.54, 1.807) is 36.4 Å². The lowest BCUT2D eigenvalue weighted by Gasteiger charge is -2.06. The average Bonchev–Trinajstić information content (AvgIpc) is 2.51. The van der Waals surface area contributed by atoms with Crippen LogP contribution in [0, 0.1) is 3.57 Å². The second-order valence-electron chi connectivity index (χ2n) is 4.26. The number of carbonyl (C=O) groups is 1. The number of halogens is 2. The fourth-order valence-corrected chi connectivity index (χ4v) is 2.54. The van der Waals surface area contributed by atoms with E-state index in [-0.39, 0.29) is 11.7 Å². The molecule has 1 amide bonds. The number of phenols is 1. The first-order valence-corrected chi connectivity index (χ1v) is 8.04. The van der Waals surface area contributed by atoms with E-state index < -0.39 is 0 Å². The Hall–Kier alpha value is -1.61. The van der Waals surface area contributed by atoms with Gasteiger partial charge in [-0.25, -0.2) is 5.43 Å². The molecule has 2 aromatic rings. The first-order chi connectivity index (χ1) is 10.5. The van der Waals surface area contributed by atoms with Crippen molar-refractivity contribution in [2.45, 2.75) is 0 Å². The van der Waals surface area contributed by atoms with Crippen LogP contribution in [0.15, 0.2) is 46.0 Å². The van der Waals surface area contributed by atoms with Crippen LogP contribution < -0.4 is 10.2 Å². The first-order valence-electron chi connectivity index (χ1n) is 6.16. The van der Waals surface area contributed by atoms with E-state index in [1.807, 2.05) is 22.6 Å². The Morgan fingerprint density at radius 1 is 1.36 bits per heavy atom. The summed E-state index contributed by atoms with van der Waals surface area (Å²) in [7, 11) is 1.47. The van der Waals surface area contributed by atoms with Crippen LogP contribution in [0.25, 0.3) is 0 Å². The lowest BCUT2D eigenvalue weighted by atomic mass is 10.2. The number of hydrazone groups is 1. The van der Waals surface area contributed by atoms with Gasteiger partial charge in [-0.3, -0.25) is 4.79 Å². The van der Waals surface area contributed by atoms with Crippen molar-refractivity contribution in [3.05, 3.63) is 55.6 Å². The Bertz CT molecular complexity index is 717. The molecule has 0 bridgehead atoms. The zero-order valence-electron chi connectivity index (χ0n) is 11.5. The first kappa shape index (κ1) is 16.8. The van der Waals surface area contributed by atoms with Gasteiger partial charge in [-0.1, -0.05) is 15.9 Å². The smallest absolute Gasteiger partial charge is 0.271 e. The molecule has 22 heavy (non-hydrogen) atoms. The number of carbonyl (C=O) groups excluding carboxylic acids is 1. The fraction of sp³-hybridized carbons (Fsp3) is 0.0667. The van der Waals surface area contributed by atoms with Crippen LogP contribution in [0.3, 0.4) is 0 Å². The minimum atomic E-state index is -0.302. The van der Waals surface area contributed by atoms with Gasteiger partial charge in [0.15, 0.2) is 11.5 Å². The number of methoxy groups -OCH3 is 1. The summed E-state index contributed by atoms with van der Waals surface area (Å²) >= 11 is 5.30. The van der Waals surface area contributed by atoms with Crippen LogP contribution in [0.4, 0.5) is 0 Å². The molecule has 0 aliphatic carbocycles. The molecule has 2 N–H and O–H groups in total. The zero-order valence-corrected chi connectivity index (χ0v) is 15.3. The van der Waals surface area contributed by atoms with Crippen molar-refractivity contribution in [2.75, 3.05) is 7.11 Å². The molecule has 0 atom stereocenters. The summed E-state index contributed by atoms with van der Waals surface area (Å²) in [5.74, 6) is 0.135. The van der Waals surface area contributed by atoms with E-state index >= 15 is 0 Å². The van der Waals surface area contributed by atoms with Gasteiger partial charge in [0.2, 0.25) is 0 Å². The number of amides is 1. The molecule has 0 saturated carbocycles. The third-order valence-corrected chi connectivity index (χ3v) is 4.11. The Kier molecular flexibility index (Phi) is 5.78. The van der Waals surface area contributed by atoms with Gasteiger partial charge in [0, 0.05) is 10.0 Å². The minimum Gasteiger partial charge on any atom is -0.504 e. The topological polar surface area (TPSA) is 70.9 Å². The lowest BCUT2D eigenvalue weighted by molar-refractivity contribution is 0.0955. The highest BCUT2D eigenvalue weighted by Gasteiger charge is 2.07. The molecule has 0 radical (unpaired) electrons. The molecule has 114 valence electrons. The highest BCUT2D eigenvalue weighted by atomic mass is 127. The van der Waals surface area contributed by atoms with Gasteiger partial charge in [-0.05, 0) is 64.6 Å². The number of hydrogen-bond acceptors (Lipinski definition) is 4. The van der Waals surface area contributed by atoms with E-state index in [4.69, 9.17) is 4.74 Å². The van der Waals surface area contributed by atoms with Crippen LogP contribution in [0.5, 0.6) is 11.5 Å². The molecule has 7 heteroatoms. The van der Waals surface area contributed by atoms with Crippen molar-refractivity contribution in [2.24, 2.45) is 5.10 Å². The summed E-state index contributed by atoms with van der Waals surface area (Å²) < 4.78 is 6.60. The van der Waals surface area contributed by atoms with E-state index in [9.17, 15) is 9.90 Å². The predicted molar refractivity (Wildman–Crippen MR) is 96.6 cm³/mol. The van der Waals surface area contributed by atoms with Gasteiger partial charge in [0.1, 0.15) is 0 Å². The average molecular weight is 475 g/mol. The van der Waals surface area contributed by atoms with Gasteiger partial charge < -0.3 is 9.84 Å². The van der Waals surface area contributed by atoms with Crippen molar-refractivity contribution in [3.63, 3.8) is 0 Å². The maximum absolute atomic E-state index is 11.9. The Morgan fingerprint density at radius 2 is 2.05 bits per heavy atom. The Balaban J connectivity index is 2.08. The van der Waals surface area contributed by atoms with Gasteiger partial charge in [-0.15, -0.1) is 0 Å². The summed E-state index contributed by atoms with van der Waals surface area (Å²) in [5, 5.41) is 13.7. The highest BCUT2D eigenvalue weighted by Crippen LogP contribution is 2.31. The molecule has 5 nitrogen and oxygen atoms in total. The highest BCUT2D eigenvalue weighted by molar-refractivity contribution is 14.1. The minimum absolute atomic E-state index is 0.0825. The SMILES string of the molecule is COc1cc(/C=N/NC(=O)c2ccc(Br)cc2)cc(I)c1O. The molecular formula is C15H12BrIN2O3. The molecule has 0 fully saturated rings. The quantitative estimate of drug-likeness (QED) is 0.404. The summed E-state index contributed by atoms with van der Waals surface area (Å²) in [4.78, 5) is 11.9.